The first-order chi connectivity index (χ1) is 9.61. The molecule has 1 unspecified atom stereocenters. The number of aromatic nitrogens is 2. The lowest BCUT2D eigenvalue weighted by Crippen LogP contribution is -2.14. The second-order valence-electron chi connectivity index (χ2n) is 4.82. The van der Waals surface area contributed by atoms with E-state index in [1.165, 1.54) is 0 Å². The average Bonchev–Trinajstić information content (AvgIpc) is 2.91. The molecule has 4 heteroatoms. The Morgan fingerprint density at radius 1 is 1.30 bits per heavy atom. The molecule has 1 heterocycles. The first-order valence-electron chi connectivity index (χ1n) is 6.52. The van der Waals surface area contributed by atoms with Gasteiger partial charge in [0.1, 0.15) is 11.9 Å². The first-order valence-corrected chi connectivity index (χ1v) is 7.32. The van der Waals surface area contributed by atoms with Crippen molar-refractivity contribution in [2.45, 2.75) is 25.8 Å². The highest BCUT2D eigenvalue weighted by Gasteiger charge is 2.13. The minimum atomic E-state index is -0.265. The van der Waals surface area contributed by atoms with Crippen molar-refractivity contribution in [3.05, 3.63) is 52.5 Å². The molecule has 0 radical (unpaired) electrons. The zero-order valence-corrected chi connectivity index (χ0v) is 13.1. The number of nitrogens with zero attached hydrogens (tertiary/aromatic N) is 2. The third-order valence-electron chi connectivity index (χ3n) is 2.95. The van der Waals surface area contributed by atoms with E-state index in [4.69, 9.17) is 0 Å². The van der Waals surface area contributed by atoms with Gasteiger partial charge < -0.3 is 9.67 Å². The molecular weight excluding hydrogens is 316 g/mol. The quantitative estimate of drug-likeness (QED) is 0.875. The van der Waals surface area contributed by atoms with E-state index in [-0.39, 0.29) is 12.6 Å². The Hall–Kier alpha value is -1.57. The van der Waals surface area contributed by atoms with Crippen molar-refractivity contribution < 1.29 is 5.11 Å². The first kappa shape index (κ1) is 14.8. The highest BCUT2D eigenvalue weighted by molar-refractivity contribution is 9.10. The zero-order chi connectivity index (χ0) is 14.5. The molecule has 0 saturated carbocycles. The highest BCUT2D eigenvalue weighted by Crippen LogP contribution is 2.17. The van der Waals surface area contributed by atoms with Crippen LogP contribution in [-0.2, 0) is 0 Å². The maximum Gasteiger partial charge on any atom is 0.119 e. The van der Waals surface area contributed by atoms with Gasteiger partial charge in [-0.15, -0.1) is 0 Å². The summed E-state index contributed by atoms with van der Waals surface area (Å²) in [5.74, 6) is 7.45. The fraction of sp³-hybridized carbons (Fsp3) is 0.312. The molecule has 1 aromatic carbocycles. The van der Waals surface area contributed by atoms with Crippen molar-refractivity contribution in [3.63, 3.8) is 0 Å². The lowest BCUT2D eigenvalue weighted by molar-refractivity contribution is 0.255. The summed E-state index contributed by atoms with van der Waals surface area (Å²) in [6.07, 6.45) is 3.62. The molecule has 0 bridgehead atoms. The summed E-state index contributed by atoms with van der Waals surface area (Å²) in [6, 6.07) is 7.54. The molecule has 104 valence electrons. The van der Waals surface area contributed by atoms with E-state index in [2.05, 4.69) is 46.6 Å². The highest BCUT2D eigenvalue weighted by atomic mass is 79.9. The van der Waals surface area contributed by atoms with Crippen LogP contribution < -0.4 is 0 Å². The second-order valence-corrected chi connectivity index (χ2v) is 5.74. The Labute approximate surface area is 127 Å². The van der Waals surface area contributed by atoms with E-state index in [0.29, 0.717) is 5.92 Å². The van der Waals surface area contributed by atoms with E-state index in [1.807, 2.05) is 35.0 Å². The zero-order valence-electron chi connectivity index (χ0n) is 11.5. The SMILES string of the molecule is CC(C)c1nccn1C(C#Cc1ccc(Br)cc1)CO. The molecule has 0 spiro atoms. The van der Waals surface area contributed by atoms with Crippen LogP contribution in [0.15, 0.2) is 41.1 Å². The topological polar surface area (TPSA) is 38.0 Å². The molecule has 2 rings (SSSR count). The predicted molar refractivity (Wildman–Crippen MR) is 83.5 cm³/mol. The van der Waals surface area contributed by atoms with E-state index >= 15 is 0 Å². The van der Waals surface area contributed by atoms with E-state index in [1.54, 1.807) is 6.20 Å². The predicted octanol–water partition coefficient (Wildman–Crippen LogP) is 3.35. The standard InChI is InChI=1S/C16H17BrN2O/c1-12(2)16-18-9-10-19(16)15(11-20)8-5-13-3-6-14(17)7-4-13/h3-4,6-7,9-10,12,15,20H,11H2,1-2H3. The maximum atomic E-state index is 9.57. The Bertz CT molecular complexity index is 620. The molecule has 1 aromatic heterocycles. The summed E-state index contributed by atoms with van der Waals surface area (Å²) in [5, 5.41) is 9.57. The second kappa shape index (κ2) is 6.74. The van der Waals surface area contributed by atoms with Crippen LogP contribution in [0.2, 0.25) is 0 Å². The van der Waals surface area contributed by atoms with Gasteiger partial charge >= 0.3 is 0 Å². The molecule has 0 fully saturated rings. The molecule has 0 amide bonds. The molecule has 20 heavy (non-hydrogen) atoms. The maximum absolute atomic E-state index is 9.57. The minimum absolute atomic E-state index is 0.0282. The summed E-state index contributed by atoms with van der Waals surface area (Å²) in [4.78, 5) is 4.33. The van der Waals surface area contributed by atoms with Crippen LogP contribution in [0.4, 0.5) is 0 Å². The molecule has 1 N–H and O–H groups in total. The number of aliphatic hydroxyl groups is 1. The fourth-order valence-electron chi connectivity index (χ4n) is 1.94. The Morgan fingerprint density at radius 3 is 2.60 bits per heavy atom. The number of aliphatic hydroxyl groups excluding tert-OH is 1. The van der Waals surface area contributed by atoms with Gasteiger partial charge in [0, 0.05) is 28.3 Å². The van der Waals surface area contributed by atoms with Crippen LogP contribution in [0.25, 0.3) is 0 Å². The van der Waals surface area contributed by atoms with Gasteiger partial charge in [-0.05, 0) is 24.3 Å². The van der Waals surface area contributed by atoms with Crippen molar-refractivity contribution in [3.8, 4) is 11.8 Å². The molecule has 3 nitrogen and oxygen atoms in total. The van der Waals surface area contributed by atoms with Gasteiger partial charge in [-0.3, -0.25) is 0 Å². The summed E-state index contributed by atoms with van der Waals surface area (Å²) < 4.78 is 2.97. The third-order valence-corrected chi connectivity index (χ3v) is 3.48. The van der Waals surface area contributed by atoms with Crippen molar-refractivity contribution in [2.75, 3.05) is 6.61 Å². The Balaban J connectivity index is 2.25. The summed E-state index contributed by atoms with van der Waals surface area (Å²) >= 11 is 3.40. The lowest BCUT2D eigenvalue weighted by Gasteiger charge is -2.14. The van der Waals surface area contributed by atoms with Gasteiger partial charge in [0.25, 0.3) is 0 Å². The average molecular weight is 333 g/mol. The molecule has 0 aliphatic heterocycles. The third kappa shape index (κ3) is 3.50. The van der Waals surface area contributed by atoms with Gasteiger partial charge in [-0.1, -0.05) is 41.6 Å². The number of imidazole rings is 1. The van der Waals surface area contributed by atoms with Crippen molar-refractivity contribution in [1.82, 2.24) is 9.55 Å². The summed E-state index contributed by atoms with van der Waals surface area (Å²) in [6.45, 7) is 4.13. The number of benzene rings is 1. The Morgan fingerprint density at radius 2 is 2.00 bits per heavy atom. The van der Waals surface area contributed by atoms with E-state index in [9.17, 15) is 5.11 Å². The van der Waals surface area contributed by atoms with E-state index < -0.39 is 0 Å². The Kier molecular flexibility index (Phi) is 4.99. The van der Waals surface area contributed by atoms with Gasteiger partial charge in [0.05, 0.1) is 6.61 Å². The monoisotopic (exact) mass is 332 g/mol. The molecule has 0 aliphatic carbocycles. The lowest BCUT2D eigenvalue weighted by atomic mass is 10.2. The number of halogens is 1. The molecule has 0 saturated heterocycles. The van der Waals surface area contributed by atoms with Gasteiger partial charge in [0.15, 0.2) is 0 Å². The molecule has 2 aromatic rings. The van der Waals surface area contributed by atoms with Crippen molar-refractivity contribution in [1.29, 1.82) is 0 Å². The molecular formula is C16H17BrN2O. The largest absolute Gasteiger partial charge is 0.393 e. The number of hydrogen-bond acceptors (Lipinski definition) is 2. The summed E-state index contributed by atoms with van der Waals surface area (Å²) in [5.41, 5.74) is 0.929. The number of hydrogen-bond donors (Lipinski definition) is 1. The van der Waals surface area contributed by atoms with Gasteiger partial charge in [0.2, 0.25) is 0 Å². The van der Waals surface area contributed by atoms with Crippen LogP contribution in [0.1, 0.15) is 37.2 Å². The molecule has 1 atom stereocenters. The van der Waals surface area contributed by atoms with Gasteiger partial charge in [-0.2, -0.15) is 0 Å². The van der Waals surface area contributed by atoms with Crippen LogP contribution in [0, 0.1) is 11.8 Å². The van der Waals surface area contributed by atoms with E-state index in [0.717, 1.165) is 15.9 Å². The van der Waals surface area contributed by atoms with Crippen LogP contribution in [0.5, 0.6) is 0 Å². The smallest absolute Gasteiger partial charge is 0.119 e. The minimum Gasteiger partial charge on any atom is -0.393 e. The van der Waals surface area contributed by atoms with Crippen LogP contribution >= 0.6 is 15.9 Å². The van der Waals surface area contributed by atoms with Gasteiger partial charge in [-0.25, -0.2) is 4.98 Å². The van der Waals surface area contributed by atoms with Crippen molar-refractivity contribution in [2.24, 2.45) is 0 Å². The van der Waals surface area contributed by atoms with Crippen LogP contribution in [0.3, 0.4) is 0 Å². The van der Waals surface area contributed by atoms with Crippen LogP contribution in [-0.4, -0.2) is 21.3 Å². The number of rotatable bonds is 3. The normalized spacial score (nSPS) is 12.1. The summed E-state index contributed by atoms with van der Waals surface area (Å²) in [7, 11) is 0. The fourth-order valence-corrected chi connectivity index (χ4v) is 2.20. The molecule has 0 aliphatic rings. The van der Waals surface area contributed by atoms with Crippen molar-refractivity contribution >= 4 is 15.9 Å².